The highest BCUT2D eigenvalue weighted by molar-refractivity contribution is 7.90. The van der Waals surface area contributed by atoms with Crippen LogP contribution >= 0.6 is 0 Å². The first-order chi connectivity index (χ1) is 14.9. The molecule has 0 fully saturated rings. The highest BCUT2D eigenvalue weighted by Crippen LogP contribution is 2.23. The molecule has 31 heavy (non-hydrogen) atoms. The van der Waals surface area contributed by atoms with Gasteiger partial charge in [0.15, 0.2) is 0 Å². The summed E-state index contributed by atoms with van der Waals surface area (Å²) in [5.41, 5.74) is 2.65. The number of unbranched alkanes of at least 4 members (excludes halogenated alkanes) is 1. The van der Waals surface area contributed by atoms with E-state index in [0.29, 0.717) is 24.9 Å². The number of hydrogen-bond donors (Lipinski definition) is 2. The molecule has 0 bridgehead atoms. The van der Waals surface area contributed by atoms with Crippen molar-refractivity contribution in [2.45, 2.75) is 50.5 Å². The third-order valence-corrected chi connectivity index (χ3v) is 6.61. The number of carbonyl (C=O) groups excluding carboxylic acids is 1. The molecule has 1 amide bonds. The molecule has 2 aromatic rings. The van der Waals surface area contributed by atoms with E-state index in [0.717, 1.165) is 29.7 Å². The Hall–Kier alpha value is -2.87. The SMILES string of the molecule is CCCCC(N=C1NS(=O)(=O)c2ccccc21)C(=O)NCCc1cc(C)ccc1OC. The molecule has 3 rings (SSSR count). The van der Waals surface area contributed by atoms with Crippen molar-refractivity contribution >= 4 is 21.8 Å². The van der Waals surface area contributed by atoms with Gasteiger partial charge >= 0.3 is 0 Å². The fourth-order valence-electron chi connectivity index (χ4n) is 3.58. The smallest absolute Gasteiger partial charge is 0.263 e. The molecule has 2 aromatic carbocycles. The van der Waals surface area contributed by atoms with Crippen LogP contribution in [0.3, 0.4) is 0 Å². The van der Waals surface area contributed by atoms with Crippen molar-refractivity contribution in [3.05, 3.63) is 59.2 Å². The fourth-order valence-corrected chi connectivity index (χ4v) is 4.82. The number of fused-ring (bicyclic) bond motifs is 1. The Morgan fingerprint density at radius 2 is 2.00 bits per heavy atom. The van der Waals surface area contributed by atoms with E-state index in [1.54, 1.807) is 25.3 Å². The first kappa shape index (κ1) is 22.8. The molecule has 0 saturated heterocycles. The molecular weight excluding hydrogens is 414 g/mol. The van der Waals surface area contributed by atoms with E-state index in [1.165, 1.54) is 6.07 Å². The minimum Gasteiger partial charge on any atom is -0.496 e. The highest BCUT2D eigenvalue weighted by Gasteiger charge is 2.31. The summed E-state index contributed by atoms with van der Waals surface area (Å²) >= 11 is 0. The van der Waals surface area contributed by atoms with Crippen molar-refractivity contribution < 1.29 is 17.9 Å². The monoisotopic (exact) mass is 443 g/mol. The third kappa shape index (κ3) is 5.44. The summed E-state index contributed by atoms with van der Waals surface area (Å²) in [4.78, 5) is 17.6. The standard InChI is InChI=1S/C23H29N3O4S/c1-4-5-9-19(25-22-18-8-6-7-10-21(18)31(28,29)26-22)23(27)24-14-13-17-15-16(2)11-12-20(17)30-3/h6-8,10-12,15,19H,4-5,9,13-14H2,1-3H3,(H,24,27)(H,25,26). The van der Waals surface area contributed by atoms with E-state index in [2.05, 4.69) is 15.0 Å². The molecule has 1 atom stereocenters. The summed E-state index contributed by atoms with van der Waals surface area (Å²) < 4.78 is 32.6. The number of ether oxygens (including phenoxy) is 1. The molecule has 1 aliphatic heterocycles. The molecule has 0 aromatic heterocycles. The summed E-state index contributed by atoms with van der Waals surface area (Å²) in [6.45, 7) is 4.49. The van der Waals surface area contributed by atoms with Crippen LogP contribution in [0.4, 0.5) is 0 Å². The number of hydrogen-bond acceptors (Lipinski definition) is 5. The quantitative estimate of drug-likeness (QED) is 0.623. The number of nitrogens with one attached hydrogen (secondary N) is 2. The Balaban J connectivity index is 1.74. The van der Waals surface area contributed by atoms with Gasteiger partial charge in [0, 0.05) is 12.1 Å². The van der Waals surface area contributed by atoms with Crippen LogP contribution in [-0.4, -0.2) is 39.9 Å². The summed E-state index contributed by atoms with van der Waals surface area (Å²) in [6, 6.07) is 12.0. The number of rotatable bonds is 9. The highest BCUT2D eigenvalue weighted by atomic mass is 32.2. The first-order valence-corrected chi connectivity index (χ1v) is 11.9. The van der Waals surface area contributed by atoms with Gasteiger partial charge in [-0.15, -0.1) is 0 Å². The Kier molecular flexibility index (Phi) is 7.33. The van der Waals surface area contributed by atoms with E-state index < -0.39 is 16.1 Å². The van der Waals surface area contributed by atoms with E-state index in [-0.39, 0.29) is 16.6 Å². The molecular formula is C23H29N3O4S. The Morgan fingerprint density at radius 1 is 1.23 bits per heavy atom. The number of amides is 1. The van der Waals surface area contributed by atoms with Crippen LogP contribution in [0.15, 0.2) is 52.4 Å². The van der Waals surface area contributed by atoms with Crippen LogP contribution in [0.2, 0.25) is 0 Å². The molecule has 0 spiro atoms. The topological polar surface area (TPSA) is 96.9 Å². The van der Waals surface area contributed by atoms with Gasteiger partial charge in [0.2, 0.25) is 5.91 Å². The van der Waals surface area contributed by atoms with Crippen LogP contribution in [0, 0.1) is 6.92 Å². The van der Waals surface area contributed by atoms with E-state index in [1.807, 2.05) is 32.0 Å². The zero-order valence-corrected chi connectivity index (χ0v) is 19.0. The number of nitrogens with zero attached hydrogens (tertiary/aromatic N) is 1. The molecule has 7 nitrogen and oxygen atoms in total. The van der Waals surface area contributed by atoms with Gasteiger partial charge in [-0.2, -0.15) is 0 Å². The van der Waals surface area contributed by atoms with Crippen LogP contribution in [0.5, 0.6) is 5.75 Å². The molecule has 1 heterocycles. The molecule has 0 saturated carbocycles. The van der Waals surface area contributed by atoms with Gasteiger partial charge < -0.3 is 10.1 Å². The van der Waals surface area contributed by atoms with E-state index in [4.69, 9.17) is 4.74 Å². The number of carbonyl (C=O) groups is 1. The van der Waals surface area contributed by atoms with Crippen molar-refractivity contribution in [2.24, 2.45) is 4.99 Å². The van der Waals surface area contributed by atoms with E-state index >= 15 is 0 Å². The lowest BCUT2D eigenvalue weighted by atomic mass is 10.1. The molecule has 166 valence electrons. The minimum absolute atomic E-state index is 0.190. The predicted octanol–water partition coefficient (Wildman–Crippen LogP) is 2.96. The Labute approximate surface area is 184 Å². The van der Waals surface area contributed by atoms with Gasteiger partial charge in [-0.25, -0.2) is 8.42 Å². The van der Waals surface area contributed by atoms with Crippen molar-refractivity contribution in [3.63, 3.8) is 0 Å². The first-order valence-electron chi connectivity index (χ1n) is 10.5. The van der Waals surface area contributed by atoms with Crippen molar-refractivity contribution in [1.82, 2.24) is 10.0 Å². The average Bonchev–Trinajstić information content (AvgIpc) is 3.01. The Bertz CT molecular complexity index is 1080. The van der Waals surface area contributed by atoms with Crippen LogP contribution in [0.25, 0.3) is 0 Å². The van der Waals surface area contributed by atoms with Crippen LogP contribution in [-0.2, 0) is 21.2 Å². The molecule has 1 aliphatic rings. The maximum atomic E-state index is 12.9. The molecule has 2 N–H and O–H groups in total. The van der Waals surface area contributed by atoms with E-state index in [9.17, 15) is 13.2 Å². The number of aliphatic imine (C=N–C) groups is 1. The summed E-state index contributed by atoms with van der Waals surface area (Å²) in [5, 5.41) is 2.95. The molecule has 8 heteroatoms. The number of benzene rings is 2. The van der Waals surface area contributed by atoms with Crippen molar-refractivity contribution in [2.75, 3.05) is 13.7 Å². The van der Waals surface area contributed by atoms with Crippen molar-refractivity contribution in [1.29, 1.82) is 0 Å². The lowest BCUT2D eigenvalue weighted by Gasteiger charge is -2.15. The number of sulfonamides is 1. The maximum Gasteiger partial charge on any atom is 0.263 e. The zero-order chi connectivity index (χ0) is 22.4. The molecule has 0 radical (unpaired) electrons. The van der Waals surface area contributed by atoms with Crippen LogP contribution < -0.4 is 14.8 Å². The summed E-state index contributed by atoms with van der Waals surface area (Å²) in [6.07, 6.45) is 2.90. The van der Waals surface area contributed by atoms with Crippen molar-refractivity contribution in [3.8, 4) is 5.75 Å². The van der Waals surface area contributed by atoms with Gasteiger partial charge in [-0.05, 0) is 43.5 Å². The second kappa shape index (κ2) is 9.96. The van der Waals surface area contributed by atoms with Gasteiger partial charge in [0.05, 0.1) is 12.0 Å². The fraction of sp³-hybridized carbons (Fsp3) is 0.391. The second-order valence-electron chi connectivity index (χ2n) is 7.59. The van der Waals surface area contributed by atoms with Gasteiger partial charge in [-0.3, -0.25) is 14.5 Å². The summed E-state index contributed by atoms with van der Waals surface area (Å²) in [5.74, 6) is 0.808. The zero-order valence-electron chi connectivity index (χ0n) is 18.1. The van der Waals surface area contributed by atoms with Gasteiger partial charge in [0.1, 0.15) is 17.6 Å². The normalized spacial score (nSPS) is 16.4. The molecule has 0 aliphatic carbocycles. The predicted molar refractivity (Wildman–Crippen MR) is 121 cm³/mol. The van der Waals surface area contributed by atoms with Crippen LogP contribution in [0.1, 0.15) is 42.9 Å². The third-order valence-electron chi connectivity index (χ3n) is 5.21. The van der Waals surface area contributed by atoms with Gasteiger partial charge in [0.25, 0.3) is 10.0 Å². The van der Waals surface area contributed by atoms with Gasteiger partial charge in [-0.1, -0.05) is 49.6 Å². The maximum absolute atomic E-state index is 12.9. The largest absolute Gasteiger partial charge is 0.496 e. The number of aryl methyl sites for hydroxylation is 1. The number of amidine groups is 1. The lowest BCUT2D eigenvalue weighted by molar-refractivity contribution is -0.122. The number of methoxy groups -OCH3 is 1. The minimum atomic E-state index is -3.64. The average molecular weight is 444 g/mol. The summed E-state index contributed by atoms with van der Waals surface area (Å²) in [7, 11) is -2.01. The Morgan fingerprint density at radius 3 is 2.74 bits per heavy atom. The lowest BCUT2D eigenvalue weighted by Crippen LogP contribution is -2.36. The second-order valence-corrected chi connectivity index (χ2v) is 9.24. The molecule has 1 unspecified atom stereocenters.